The highest BCUT2D eigenvalue weighted by atomic mass is 16.3. The molecular formula is C8H16O2. The van der Waals surface area contributed by atoms with Gasteiger partial charge >= 0.3 is 0 Å². The second kappa shape index (κ2) is 6.75. The second-order valence-electron chi connectivity index (χ2n) is 2.55. The maximum atomic E-state index is 9.92. The van der Waals surface area contributed by atoms with Gasteiger partial charge in [-0.25, -0.2) is 0 Å². The Bertz CT molecular complexity index is 81.3. The topological polar surface area (TPSA) is 37.3 Å². The number of unbranched alkanes of at least 4 members (excludes halogenated alkanes) is 3. The lowest BCUT2D eigenvalue weighted by Gasteiger charge is -2.00. The molecule has 0 aromatic rings. The SMILES string of the molecule is CCCCCC[C@H](O)C=O. The number of rotatable bonds is 6. The molecule has 1 N–H and O–H groups in total. The molecule has 1 atom stereocenters. The lowest BCUT2D eigenvalue weighted by atomic mass is 10.1. The smallest absolute Gasteiger partial charge is 0.148 e. The van der Waals surface area contributed by atoms with Crippen LogP contribution in [0.5, 0.6) is 0 Å². The molecule has 0 aromatic carbocycles. The third-order valence-electron chi connectivity index (χ3n) is 1.51. The molecule has 0 bridgehead atoms. The van der Waals surface area contributed by atoms with Crippen molar-refractivity contribution in [3.05, 3.63) is 0 Å². The highest BCUT2D eigenvalue weighted by Crippen LogP contribution is 2.03. The summed E-state index contributed by atoms with van der Waals surface area (Å²) in [5, 5.41) is 8.79. The summed E-state index contributed by atoms with van der Waals surface area (Å²) in [5.41, 5.74) is 0. The number of hydrogen-bond acceptors (Lipinski definition) is 2. The van der Waals surface area contributed by atoms with Gasteiger partial charge in [-0.1, -0.05) is 32.6 Å². The Kier molecular flexibility index (Phi) is 6.50. The van der Waals surface area contributed by atoms with E-state index in [9.17, 15) is 4.79 Å². The van der Waals surface area contributed by atoms with Gasteiger partial charge in [-0.2, -0.15) is 0 Å². The van der Waals surface area contributed by atoms with Crippen molar-refractivity contribution in [2.75, 3.05) is 0 Å². The third-order valence-corrected chi connectivity index (χ3v) is 1.51. The molecule has 0 rings (SSSR count). The first-order valence-electron chi connectivity index (χ1n) is 3.94. The van der Waals surface area contributed by atoms with Crippen LogP contribution in [0.1, 0.15) is 39.0 Å². The van der Waals surface area contributed by atoms with Gasteiger partial charge in [0.2, 0.25) is 0 Å². The van der Waals surface area contributed by atoms with E-state index in [0.29, 0.717) is 12.7 Å². The fourth-order valence-electron chi connectivity index (χ4n) is 0.848. The molecular weight excluding hydrogens is 128 g/mol. The van der Waals surface area contributed by atoms with Crippen LogP contribution in [0.3, 0.4) is 0 Å². The minimum absolute atomic E-state index is 0.603. The summed E-state index contributed by atoms with van der Waals surface area (Å²) in [6, 6.07) is 0. The van der Waals surface area contributed by atoms with Gasteiger partial charge in [-0.05, 0) is 6.42 Å². The van der Waals surface area contributed by atoms with E-state index in [1.165, 1.54) is 12.8 Å². The first-order chi connectivity index (χ1) is 4.81. The van der Waals surface area contributed by atoms with Crippen molar-refractivity contribution in [1.29, 1.82) is 0 Å². The van der Waals surface area contributed by atoms with Gasteiger partial charge < -0.3 is 9.90 Å². The average Bonchev–Trinajstić information content (AvgIpc) is 1.98. The fourth-order valence-corrected chi connectivity index (χ4v) is 0.848. The molecule has 0 radical (unpaired) electrons. The van der Waals surface area contributed by atoms with Gasteiger partial charge in [-0.15, -0.1) is 0 Å². The van der Waals surface area contributed by atoms with E-state index >= 15 is 0 Å². The van der Waals surface area contributed by atoms with Crippen molar-refractivity contribution in [3.8, 4) is 0 Å². The van der Waals surface area contributed by atoms with E-state index in [4.69, 9.17) is 5.11 Å². The number of carbonyl (C=O) groups is 1. The minimum Gasteiger partial charge on any atom is -0.386 e. The van der Waals surface area contributed by atoms with Crippen molar-refractivity contribution in [1.82, 2.24) is 0 Å². The Morgan fingerprint density at radius 2 is 2.10 bits per heavy atom. The van der Waals surface area contributed by atoms with Gasteiger partial charge in [0.25, 0.3) is 0 Å². The first kappa shape index (κ1) is 9.63. The van der Waals surface area contributed by atoms with E-state index in [1.807, 2.05) is 0 Å². The highest BCUT2D eigenvalue weighted by molar-refractivity contribution is 5.55. The summed E-state index contributed by atoms with van der Waals surface area (Å²) in [6.45, 7) is 2.14. The lowest BCUT2D eigenvalue weighted by molar-refractivity contribution is -0.115. The summed E-state index contributed by atoms with van der Waals surface area (Å²) < 4.78 is 0. The molecule has 0 aliphatic carbocycles. The zero-order chi connectivity index (χ0) is 7.82. The Balaban J connectivity index is 2.95. The molecule has 0 saturated heterocycles. The zero-order valence-corrected chi connectivity index (χ0v) is 6.55. The van der Waals surface area contributed by atoms with Crippen molar-refractivity contribution in [3.63, 3.8) is 0 Å². The molecule has 0 fully saturated rings. The van der Waals surface area contributed by atoms with E-state index in [0.717, 1.165) is 12.8 Å². The summed E-state index contributed by atoms with van der Waals surface area (Å²) in [5.74, 6) is 0. The van der Waals surface area contributed by atoms with Gasteiger partial charge in [0.05, 0.1) is 0 Å². The van der Waals surface area contributed by atoms with Crippen molar-refractivity contribution in [2.45, 2.75) is 45.1 Å². The van der Waals surface area contributed by atoms with Crippen LogP contribution in [0.2, 0.25) is 0 Å². The first-order valence-corrected chi connectivity index (χ1v) is 3.94. The van der Waals surface area contributed by atoms with E-state index in [-0.39, 0.29) is 0 Å². The molecule has 10 heavy (non-hydrogen) atoms. The maximum absolute atomic E-state index is 9.92. The van der Waals surface area contributed by atoms with E-state index in [1.54, 1.807) is 0 Å². The second-order valence-corrected chi connectivity index (χ2v) is 2.55. The Labute approximate surface area is 62.2 Å². The predicted molar refractivity (Wildman–Crippen MR) is 40.8 cm³/mol. The van der Waals surface area contributed by atoms with E-state index < -0.39 is 6.10 Å². The van der Waals surface area contributed by atoms with Crippen LogP contribution in [-0.2, 0) is 4.79 Å². The highest BCUT2D eigenvalue weighted by Gasteiger charge is 1.98. The van der Waals surface area contributed by atoms with Gasteiger partial charge in [0.15, 0.2) is 0 Å². The molecule has 2 nitrogen and oxygen atoms in total. The fraction of sp³-hybridized carbons (Fsp3) is 0.875. The zero-order valence-electron chi connectivity index (χ0n) is 6.55. The maximum Gasteiger partial charge on any atom is 0.148 e. The summed E-state index contributed by atoms with van der Waals surface area (Å²) in [6.07, 6.45) is 4.99. The van der Waals surface area contributed by atoms with Crippen LogP contribution in [0, 0.1) is 0 Å². The normalized spacial score (nSPS) is 13.0. The quantitative estimate of drug-likeness (QED) is 0.453. The number of aliphatic hydroxyl groups is 1. The Morgan fingerprint density at radius 3 is 2.60 bits per heavy atom. The average molecular weight is 144 g/mol. The lowest BCUT2D eigenvalue weighted by Crippen LogP contribution is -2.06. The van der Waals surface area contributed by atoms with Crippen LogP contribution in [0.25, 0.3) is 0 Å². The molecule has 0 saturated carbocycles. The molecule has 0 aliphatic rings. The Hall–Kier alpha value is -0.370. The monoisotopic (exact) mass is 144 g/mol. The van der Waals surface area contributed by atoms with Crippen LogP contribution >= 0.6 is 0 Å². The third kappa shape index (κ3) is 5.76. The number of hydrogen-bond donors (Lipinski definition) is 1. The Morgan fingerprint density at radius 1 is 1.40 bits per heavy atom. The molecule has 2 heteroatoms. The molecule has 0 heterocycles. The van der Waals surface area contributed by atoms with Gasteiger partial charge in [0.1, 0.15) is 12.4 Å². The van der Waals surface area contributed by atoms with Crippen molar-refractivity contribution >= 4 is 6.29 Å². The molecule has 0 aromatic heterocycles. The summed E-state index contributed by atoms with van der Waals surface area (Å²) in [4.78, 5) is 9.92. The van der Waals surface area contributed by atoms with Crippen LogP contribution in [0.4, 0.5) is 0 Å². The van der Waals surface area contributed by atoms with Crippen molar-refractivity contribution in [2.24, 2.45) is 0 Å². The molecule has 0 amide bonds. The van der Waals surface area contributed by atoms with Crippen molar-refractivity contribution < 1.29 is 9.90 Å². The van der Waals surface area contributed by atoms with Gasteiger partial charge in [-0.3, -0.25) is 0 Å². The standard InChI is InChI=1S/C8H16O2/c1-2-3-4-5-6-8(10)7-9/h7-8,10H,2-6H2,1H3/t8-/m0/s1. The van der Waals surface area contributed by atoms with E-state index in [2.05, 4.69) is 6.92 Å². The van der Waals surface area contributed by atoms with Crippen LogP contribution in [0.15, 0.2) is 0 Å². The minimum atomic E-state index is -0.725. The molecule has 0 spiro atoms. The predicted octanol–water partition coefficient (Wildman–Crippen LogP) is 1.52. The summed E-state index contributed by atoms with van der Waals surface area (Å²) >= 11 is 0. The molecule has 60 valence electrons. The van der Waals surface area contributed by atoms with Crippen LogP contribution in [-0.4, -0.2) is 17.5 Å². The number of aldehydes is 1. The number of aliphatic hydroxyl groups excluding tert-OH is 1. The number of carbonyl (C=O) groups excluding carboxylic acids is 1. The molecule has 0 unspecified atom stereocenters. The summed E-state index contributed by atoms with van der Waals surface area (Å²) in [7, 11) is 0. The van der Waals surface area contributed by atoms with Crippen LogP contribution < -0.4 is 0 Å². The largest absolute Gasteiger partial charge is 0.386 e. The van der Waals surface area contributed by atoms with Gasteiger partial charge in [0, 0.05) is 0 Å². The molecule has 0 aliphatic heterocycles.